The van der Waals surface area contributed by atoms with Gasteiger partial charge in [0.1, 0.15) is 0 Å². The van der Waals surface area contributed by atoms with Crippen LogP contribution in [0.2, 0.25) is 0 Å². The number of benzene rings is 1. The Morgan fingerprint density at radius 2 is 1.50 bits per heavy atom. The number of hydrogen-bond donors (Lipinski definition) is 1. The van der Waals surface area contributed by atoms with Crippen molar-refractivity contribution in [1.29, 1.82) is 0 Å². The molecule has 0 saturated heterocycles. The van der Waals surface area contributed by atoms with Crippen LogP contribution in [-0.4, -0.2) is 5.54 Å². The van der Waals surface area contributed by atoms with E-state index in [1.54, 1.807) is 0 Å². The summed E-state index contributed by atoms with van der Waals surface area (Å²) in [6.45, 7) is 10.6. The fraction of sp³-hybridized carbons (Fsp3) is 0.538. The van der Waals surface area contributed by atoms with Gasteiger partial charge in [-0.15, -0.1) is 0 Å². The van der Waals surface area contributed by atoms with Crippen molar-refractivity contribution >= 4 is 0 Å². The molecule has 0 saturated carbocycles. The predicted molar refractivity (Wildman–Crippen MR) is 62.6 cm³/mol. The van der Waals surface area contributed by atoms with Crippen LogP contribution < -0.4 is 5.73 Å². The Morgan fingerprint density at radius 3 is 1.86 bits per heavy atom. The van der Waals surface area contributed by atoms with Gasteiger partial charge in [-0.05, 0) is 57.7 Å². The molecule has 1 rings (SSSR count). The first-order chi connectivity index (χ1) is 6.29. The Morgan fingerprint density at radius 1 is 1.07 bits per heavy atom. The molecule has 0 atom stereocenters. The van der Waals surface area contributed by atoms with Crippen LogP contribution in [0, 0.1) is 20.8 Å². The van der Waals surface area contributed by atoms with Gasteiger partial charge in [0.25, 0.3) is 0 Å². The molecule has 0 amide bonds. The van der Waals surface area contributed by atoms with Crippen molar-refractivity contribution in [2.24, 2.45) is 5.73 Å². The third kappa shape index (κ3) is 2.85. The molecule has 0 unspecified atom stereocenters. The Kier molecular flexibility index (Phi) is 3.01. The zero-order chi connectivity index (χ0) is 10.9. The summed E-state index contributed by atoms with van der Waals surface area (Å²) in [5, 5.41) is 0. The summed E-state index contributed by atoms with van der Waals surface area (Å²) >= 11 is 0. The molecule has 14 heavy (non-hydrogen) atoms. The van der Waals surface area contributed by atoms with Gasteiger partial charge in [0, 0.05) is 5.54 Å². The zero-order valence-electron chi connectivity index (χ0n) is 9.94. The number of aryl methyl sites for hydroxylation is 3. The largest absolute Gasteiger partial charge is 0.325 e. The second-order valence-corrected chi connectivity index (χ2v) is 5.04. The van der Waals surface area contributed by atoms with Crippen molar-refractivity contribution in [1.82, 2.24) is 0 Å². The second kappa shape index (κ2) is 3.74. The minimum atomic E-state index is -0.120. The van der Waals surface area contributed by atoms with Crippen LogP contribution in [-0.2, 0) is 6.42 Å². The van der Waals surface area contributed by atoms with Gasteiger partial charge in [-0.3, -0.25) is 0 Å². The van der Waals surface area contributed by atoms with E-state index in [2.05, 4.69) is 46.8 Å². The highest BCUT2D eigenvalue weighted by Gasteiger charge is 2.14. The van der Waals surface area contributed by atoms with Gasteiger partial charge >= 0.3 is 0 Å². The SMILES string of the molecule is Cc1cc(C)c(CC(C)(C)N)c(C)c1. The third-order valence-electron chi connectivity index (χ3n) is 2.47. The fourth-order valence-corrected chi connectivity index (χ4v) is 1.94. The van der Waals surface area contributed by atoms with Crippen molar-refractivity contribution < 1.29 is 0 Å². The van der Waals surface area contributed by atoms with Crippen LogP contribution in [0.5, 0.6) is 0 Å². The summed E-state index contributed by atoms with van der Waals surface area (Å²) in [5.41, 5.74) is 11.4. The molecule has 1 heteroatoms. The van der Waals surface area contributed by atoms with Gasteiger partial charge in [-0.2, -0.15) is 0 Å². The average molecular weight is 191 g/mol. The van der Waals surface area contributed by atoms with Gasteiger partial charge in [0.15, 0.2) is 0 Å². The molecule has 0 aliphatic carbocycles. The molecular formula is C13H21N. The zero-order valence-corrected chi connectivity index (χ0v) is 9.94. The Hall–Kier alpha value is -0.820. The predicted octanol–water partition coefficient (Wildman–Crippen LogP) is 2.89. The van der Waals surface area contributed by atoms with Gasteiger partial charge in [0.05, 0.1) is 0 Å². The number of rotatable bonds is 2. The normalized spacial score (nSPS) is 11.9. The van der Waals surface area contributed by atoms with Crippen LogP contribution in [0.25, 0.3) is 0 Å². The molecule has 78 valence electrons. The summed E-state index contributed by atoms with van der Waals surface area (Å²) in [4.78, 5) is 0. The van der Waals surface area contributed by atoms with E-state index in [0.717, 1.165) is 6.42 Å². The summed E-state index contributed by atoms with van der Waals surface area (Å²) in [5.74, 6) is 0. The molecule has 0 aromatic heterocycles. The van der Waals surface area contributed by atoms with Crippen LogP contribution in [0.3, 0.4) is 0 Å². The van der Waals surface area contributed by atoms with Crippen molar-refractivity contribution in [3.05, 3.63) is 34.4 Å². The average Bonchev–Trinajstić information content (AvgIpc) is 1.95. The minimum Gasteiger partial charge on any atom is -0.325 e. The fourth-order valence-electron chi connectivity index (χ4n) is 1.94. The first-order valence-corrected chi connectivity index (χ1v) is 5.15. The highest BCUT2D eigenvalue weighted by atomic mass is 14.7. The summed E-state index contributed by atoms with van der Waals surface area (Å²) in [6.07, 6.45) is 0.949. The van der Waals surface area contributed by atoms with Gasteiger partial charge in [-0.25, -0.2) is 0 Å². The van der Waals surface area contributed by atoms with E-state index in [9.17, 15) is 0 Å². The maximum atomic E-state index is 6.04. The molecule has 0 bridgehead atoms. The van der Waals surface area contributed by atoms with Crippen LogP contribution >= 0.6 is 0 Å². The van der Waals surface area contributed by atoms with Crippen LogP contribution in [0.15, 0.2) is 12.1 Å². The molecule has 0 heterocycles. The number of nitrogens with two attached hydrogens (primary N) is 1. The van der Waals surface area contributed by atoms with Crippen molar-refractivity contribution in [2.45, 2.75) is 46.6 Å². The molecule has 0 aliphatic heterocycles. The van der Waals surface area contributed by atoms with Crippen molar-refractivity contribution in [3.8, 4) is 0 Å². The third-order valence-corrected chi connectivity index (χ3v) is 2.47. The van der Waals surface area contributed by atoms with E-state index in [4.69, 9.17) is 5.73 Å². The van der Waals surface area contributed by atoms with Gasteiger partial charge in [-0.1, -0.05) is 17.7 Å². The van der Waals surface area contributed by atoms with E-state index in [-0.39, 0.29) is 5.54 Å². The molecule has 1 aromatic carbocycles. The second-order valence-electron chi connectivity index (χ2n) is 5.04. The quantitative estimate of drug-likeness (QED) is 0.764. The molecule has 0 spiro atoms. The lowest BCUT2D eigenvalue weighted by Crippen LogP contribution is -2.35. The number of hydrogen-bond acceptors (Lipinski definition) is 1. The maximum Gasteiger partial charge on any atom is 0.0138 e. The standard InChI is InChI=1S/C13H21N/c1-9-6-10(2)12(11(3)7-9)8-13(4,5)14/h6-7H,8,14H2,1-5H3. The topological polar surface area (TPSA) is 26.0 Å². The first-order valence-electron chi connectivity index (χ1n) is 5.15. The molecule has 0 radical (unpaired) electrons. The monoisotopic (exact) mass is 191 g/mol. The van der Waals surface area contributed by atoms with Crippen LogP contribution in [0.1, 0.15) is 36.1 Å². The van der Waals surface area contributed by atoms with Crippen LogP contribution in [0.4, 0.5) is 0 Å². The lowest BCUT2D eigenvalue weighted by atomic mass is 9.89. The molecule has 1 nitrogen and oxygen atoms in total. The summed E-state index contributed by atoms with van der Waals surface area (Å²) in [6, 6.07) is 4.46. The van der Waals surface area contributed by atoms with E-state index in [1.807, 2.05) is 0 Å². The molecular weight excluding hydrogens is 170 g/mol. The van der Waals surface area contributed by atoms with E-state index < -0.39 is 0 Å². The van der Waals surface area contributed by atoms with Crippen molar-refractivity contribution in [3.63, 3.8) is 0 Å². The smallest absolute Gasteiger partial charge is 0.0138 e. The maximum absolute atomic E-state index is 6.04. The van der Waals surface area contributed by atoms with Gasteiger partial charge < -0.3 is 5.73 Å². The first kappa shape index (κ1) is 11.3. The molecule has 0 aliphatic rings. The van der Waals surface area contributed by atoms with E-state index in [1.165, 1.54) is 22.3 Å². The lowest BCUT2D eigenvalue weighted by molar-refractivity contribution is 0.514. The molecule has 2 N–H and O–H groups in total. The lowest BCUT2D eigenvalue weighted by Gasteiger charge is -2.21. The summed E-state index contributed by atoms with van der Waals surface area (Å²) < 4.78 is 0. The van der Waals surface area contributed by atoms with Crippen molar-refractivity contribution in [2.75, 3.05) is 0 Å². The molecule has 1 aromatic rings. The molecule has 0 fully saturated rings. The Labute approximate surface area is 87.3 Å². The highest BCUT2D eigenvalue weighted by Crippen LogP contribution is 2.20. The highest BCUT2D eigenvalue weighted by molar-refractivity contribution is 5.38. The Balaban J connectivity index is 3.09. The minimum absolute atomic E-state index is 0.120. The van der Waals surface area contributed by atoms with E-state index >= 15 is 0 Å². The summed E-state index contributed by atoms with van der Waals surface area (Å²) in [7, 11) is 0. The Bertz CT molecular complexity index is 309. The van der Waals surface area contributed by atoms with Gasteiger partial charge in [0.2, 0.25) is 0 Å². The van der Waals surface area contributed by atoms with E-state index in [0.29, 0.717) is 0 Å².